The van der Waals surface area contributed by atoms with Crippen LogP contribution in [-0.4, -0.2) is 18.2 Å². The molecule has 2 N–H and O–H groups in total. The van der Waals surface area contributed by atoms with Gasteiger partial charge in [0.05, 0.1) is 12.2 Å². The molecule has 0 spiro atoms. The SMILES string of the molecule is CC(C)O[C@@H]1C[C@@H]1N. The van der Waals surface area contributed by atoms with Gasteiger partial charge in [0.1, 0.15) is 0 Å². The van der Waals surface area contributed by atoms with Gasteiger partial charge in [0.25, 0.3) is 0 Å². The Morgan fingerprint density at radius 1 is 1.62 bits per heavy atom. The Kier molecular flexibility index (Phi) is 1.54. The largest absolute Gasteiger partial charge is 0.374 e. The summed E-state index contributed by atoms with van der Waals surface area (Å²) in [7, 11) is 0. The van der Waals surface area contributed by atoms with Crippen molar-refractivity contribution in [3.63, 3.8) is 0 Å². The summed E-state index contributed by atoms with van der Waals surface area (Å²) in [5.74, 6) is 0. The molecule has 0 aliphatic heterocycles. The second-order valence-corrected chi connectivity index (χ2v) is 2.62. The molecule has 2 nitrogen and oxygen atoms in total. The van der Waals surface area contributed by atoms with E-state index in [0.717, 1.165) is 6.42 Å². The smallest absolute Gasteiger partial charge is 0.0746 e. The van der Waals surface area contributed by atoms with E-state index >= 15 is 0 Å². The Morgan fingerprint density at radius 3 is 2.25 bits per heavy atom. The van der Waals surface area contributed by atoms with Crippen molar-refractivity contribution in [3.05, 3.63) is 0 Å². The Hall–Kier alpha value is -0.0800. The Balaban J connectivity index is 2.05. The van der Waals surface area contributed by atoms with Crippen LogP contribution in [0.25, 0.3) is 0 Å². The van der Waals surface area contributed by atoms with Crippen molar-refractivity contribution in [2.75, 3.05) is 0 Å². The molecule has 1 aliphatic carbocycles. The van der Waals surface area contributed by atoms with Crippen LogP contribution in [-0.2, 0) is 4.74 Å². The fourth-order valence-electron chi connectivity index (χ4n) is 0.696. The summed E-state index contributed by atoms with van der Waals surface area (Å²) in [6, 6.07) is 0.331. The number of ether oxygens (including phenoxy) is 1. The van der Waals surface area contributed by atoms with E-state index < -0.39 is 0 Å². The van der Waals surface area contributed by atoms with E-state index in [-0.39, 0.29) is 0 Å². The molecule has 48 valence electrons. The summed E-state index contributed by atoms with van der Waals surface area (Å²) in [6.45, 7) is 4.07. The molecule has 0 heterocycles. The van der Waals surface area contributed by atoms with Crippen molar-refractivity contribution in [1.29, 1.82) is 0 Å². The second-order valence-electron chi connectivity index (χ2n) is 2.62. The third kappa shape index (κ3) is 1.46. The van der Waals surface area contributed by atoms with Gasteiger partial charge in [0, 0.05) is 6.04 Å². The van der Waals surface area contributed by atoms with Crippen LogP contribution in [0.5, 0.6) is 0 Å². The van der Waals surface area contributed by atoms with Crippen molar-refractivity contribution < 1.29 is 4.74 Å². The fourth-order valence-corrected chi connectivity index (χ4v) is 0.696. The lowest BCUT2D eigenvalue weighted by Crippen LogP contribution is -2.12. The molecule has 0 saturated heterocycles. The van der Waals surface area contributed by atoms with Crippen LogP contribution < -0.4 is 5.73 Å². The van der Waals surface area contributed by atoms with Gasteiger partial charge < -0.3 is 10.5 Å². The molecule has 1 saturated carbocycles. The predicted molar refractivity (Wildman–Crippen MR) is 32.6 cm³/mol. The van der Waals surface area contributed by atoms with E-state index in [0.29, 0.717) is 18.2 Å². The van der Waals surface area contributed by atoms with Crippen molar-refractivity contribution >= 4 is 0 Å². The minimum absolute atomic E-state index is 0.331. The lowest BCUT2D eigenvalue weighted by atomic mass is 10.5. The highest BCUT2D eigenvalue weighted by Gasteiger charge is 2.34. The number of hydrogen-bond acceptors (Lipinski definition) is 2. The molecule has 1 aliphatic rings. The first kappa shape index (κ1) is 6.05. The van der Waals surface area contributed by atoms with Crippen molar-refractivity contribution in [2.24, 2.45) is 5.73 Å². The average molecular weight is 115 g/mol. The molecule has 2 heteroatoms. The molecular weight excluding hydrogens is 102 g/mol. The van der Waals surface area contributed by atoms with E-state index in [1.54, 1.807) is 0 Å². The van der Waals surface area contributed by atoms with Gasteiger partial charge in [-0.05, 0) is 20.3 Å². The third-order valence-corrected chi connectivity index (χ3v) is 1.23. The topological polar surface area (TPSA) is 35.2 Å². The first-order valence-electron chi connectivity index (χ1n) is 3.11. The van der Waals surface area contributed by atoms with Crippen molar-refractivity contribution in [3.8, 4) is 0 Å². The summed E-state index contributed by atoms with van der Waals surface area (Å²) < 4.78 is 5.35. The van der Waals surface area contributed by atoms with Crippen LogP contribution in [0.1, 0.15) is 20.3 Å². The molecular formula is C6H13NO. The van der Waals surface area contributed by atoms with Gasteiger partial charge in [-0.2, -0.15) is 0 Å². The van der Waals surface area contributed by atoms with Crippen LogP contribution in [0.3, 0.4) is 0 Å². The zero-order valence-electron chi connectivity index (χ0n) is 5.42. The van der Waals surface area contributed by atoms with Crippen LogP contribution in [0.4, 0.5) is 0 Å². The molecule has 0 aromatic heterocycles. The summed E-state index contributed by atoms with van der Waals surface area (Å²) in [6.07, 6.45) is 1.77. The molecule has 2 atom stereocenters. The number of rotatable bonds is 2. The maximum Gasteiger partial charge on any atom is 0.0746 e. The zero-order valence-corrected chi connectivity index (χ0v) is 5.42. The highest BCUT2D eigenvalue weighted by molar-refractivity contribution is 4.91. The van der Waals surface area contributed by atoms with E-state index in [1.165, 1.54) is 0 Å². The van der Waals surface area contributed by atoms with Crippen LogP contribution >= 0.6 is 0 Å². The molecule has 1 fully saturated rings. The molecule has 0 aromatic rings. The first-order valence-corrected chi connectivity index (χ1v) is 3.11. The van der Waals surface area contributed by atoms with Gasteiger partial charge >= 0.3 is 0 Å². The van der Waals surface area contributed by atoms with Crippen LogP contribution in [0.15, 0.2) is 0 Å². The van der Waals surface area contributed by atoms with E-state index in [2.05, 4.69) is 0 Å². The average Bonchev–Trinajstić information content (AvgIpc) is 2.17. The standard InChI is InChI=1S/C6H13NO/c1-4(2)8-6-3-5(6)7/h4-6H,3,7H2,1-2H3/t5-,6+/m0/s1. The Morgan fingerprint density at radius 2 is 2.12 bits per heavy atom. The highest BCUT2D eigenvalue weighted by atomic mass is 16.5. The molecule has 0 aromatic carbocycles. The van der Waals surface area contributed by atoms with Crippen molar-refractivity contribution in [1.82, 2.24) is 0 Å². The summed E-state index contributed by atoms with van der Waals surface area (Å²) in [5, 5.41) is 0. The van der Waals surface area contributed by atoms with Gasteiger partial charge in [-0.15, -0.1) is 0 Å². The maximum absolute atomic E-state index is 5.49. The summed E-state index contributed by atoms with van der Waals surface area (Å²) >= 11 is 0. The molecule has 1 rings (SSSR count). The second kappa shape index (κ2) is 2.03. The third-order valence-electron chi connectivity index (χ3n) is 1.23. The Bertz CT molecular complexity index is 82.6. The number of hydrogen-bond donors (Lipinski definition) is 1. The quantitative estimate of drug-likeness (QED) is 0.569. The molecule has 0 amide bonds. The van der Waals surface area contributed by atoms with E-state index in [4.69, 9.17) is 10.5 Å². The molecule has 8 heavy (non-hydrogen) atoms. The fraction of sp³-hybridized carbons (Fsp3) is 1.00. The van der Waals surface area contributed by atoms with Gasteiger partial charge in [-0.1, -0.05) is 0 Å². The summed E-state index contributed by atoms with van der Waals surface area (Å²) in [5.41, 5.74) is 5.49. The van der Waals surface area contributed by atoms with Gasteiger partial charge in [-0.3, -0.25) is 0 Å². The van der Waals surface area contributed by atoms with Gasteiger partial charge in [0.15, 0.2) is 0 Å². The normalized spacial score (nSPS) is 36.0. The van der Waals surface area contributed by atoms with Crippen molar-refractivity contribution in [2.45, 2.75) is 38.5 Å². The molecule has 0 bridgehead atoms. The minimum atomic E-state index is 0.331. The van der Waals surface area contributed by atoms with E-state index in [9.17, 15) is 0 Å². The molecule has 0 unspecified atom stereocenters. The van der Waals surface area contributed by atoms with E-state index in [1.807, 2.05) is 13.8 Å². The van der Waals surface area contributed by atoms with Crippen LogP contribution in [0.2, 0.25) is 0 Å². The zero-order chi connectivity index (χ0) is 6.15. The monoisotopic (exact) mass is 115 g/mol. The maximum atomic E-state index is 5.49. The molecule has 0 radical (unpaired) electrons. The highest BCUT2D eigenvalue weighted by Crippen LogP contribution is 2.23. The number of nitrogens with two attached hydrogens (primary N) is 1. The van der Waals surface area contributed by atoms with Gasteiger partial charge in [0.2, 0.25) is 0 Å². The Labute approximate surface area is 50.0 Å². The van der Waals surface area contributed by atoms with Gasteiger partial charge in [-0.25, -0.2) is 0 Å². The predicted octanol–water partition coefficient (Wildman–Crippen LogP) is 0.511. The lowest BCUT2D eigenvalue weighted by Gasteiger charge is -2.03. The first-order chi connectivity index (χ1) is 3.70. The lowest BCUT2D eigenvalue weighted by molar-refractivity contribution is 0.0619. The minimum Gasteiger partial charge on any atom is -0.374 e. The summed E-state index contributed by atoms with van der Waals surface area (Å²) in [4.78, 5) is 0. The van der Waals surface area contributed by atoms with Crippen LogP contribution in [0, 0.1) is 0 Å².